The van der Waals surface area contributed by atoms with Crippen molar-refractivity contribution in [2.24, 2.45) is 0 Å². The van der Waals surface area contributed by atoms with E-state index in [9.17, 15) is 0 Å². The first-order valence-corrected chi connectivity index (χ1v) is 21.2. The average Bonchev–Trinajstić information content (AvgIpc) is 3.84. The van der Waals surface area contributed by atoms with Crippen LogP contribution in [-0.4, -0.2) is 9.97 Å². The Hall–Kier alpha value is -8.14. The number of para-hydroxylation sites is 1. The van der Waals surface area contributed by atoms with Gasteiger partial charge in [-0.2, -0.15) is 0 Å². The van der Waals surface area contributed by atoms with E-state index in [4.69, 9.17) is 14.4 Å². The molecule has 9 aromatic carbocycles. The van der Waals surface area contributed by atoms with Crippen LogP contribution in [0.5, 0.6) is 0 Å². The average molecular weight is 789 g/mol. The van der Waals surface area contributed by atoms with Crippen molar-refractivity contribution in [1.82, 2.24) is 9.97 Å². The minimum atomic E-state index is -0.598. The maximum atomic E-state index is 6.41. The molecule has 62 heavy (non-hydrogen) atoms. The Morgan fingerprint density at radius 2 is 0.790 bits per heavy atom. The van der Waals surface area contributed by atoms with Crippen molar-refractivity contribution >= 4 is 21.9 Å². The van der Waals surface area contributed by atoms with Crippen molar-refractivity contribution in [3.8, 4) is 78.4 Å². The Balaban J connectivity index is 1.10. The van der Waals surface area contributed by atoms with Crippen LogP contribution in [0.2, 0.25) is 0 Å². The molecule has 0 atom stereocenters. The van der Waals surface area contributed by atoms with Gasteiger partial charge in [0.1, 0.15) is 11.2 Å². The fourth-order valence-corrected chi connectivity index (χ4v) is 10.5. The molecule has 1 spiro atoms. The summed E-state index contributed by atoms with van der Waals surface area (Å²) < 4.78 is 6.41. The lowest BCUT2D eigenvalue weighted by atomic mass is 9.65. The van der Waals surface area contributed by atoms with Crippen LogP contribution >= 0.6 is 0 Å². The summed E-state index contributed by atoms with van der Waals surface area (Å²) >= 11 is 0. The standard InChI is InChI=1S/C59H36N2O/c1-2-16-37(17-3-1)40-18-4-7-24-47(40)55-36-54(60-58(61-55)39-31-33-49-48-25-11-15-29-56(48)62-57(49)35-39)38-30-32-46-42-20-6-5-19-41(42)43-21-8-12-26-50(43)59(53(46)34-38)51-27-13-9-22-44(51)45-23-10-14-28-52(45)59/h1-36H. The molecule has 0 radical (unpaired) electrons. The molecular weight excluding hydrogens is 753 g/mol. The molecule has 2 heterocycles. The zero-order chi connectivity index (χ0) is 40.8. The van der Waals surface area contributed by atoms with Gasteiger partial charge in [0.2, 0.25) is 0 Å². The predicted molar refractivity (Wildman–Crippen MR) is 253 cm³/mol. The summed E-state index contributed by atoms with van der Waals surface area (Å²) in [7, 11) is 0. The zero-order valence-corrected chi connectivity index (χ0v) is 33.6. The number of rotatable bonds is 4. The van der Waals surface area contributed by atoms with E-state index in [-0.39, 0.29) is 0 Å². The molecule has 0 fully saturated rings. The summed E-state index contributed by atoms with van der Waals surface area (Å²) in [5.41, 5.74) is 20.5. The zero-order valence-electron chi connectivity index (χ0n) is 33.6. The lowest BCUT2D eigenvalue weighted by Gasteiger charge is -2.35. The molecule has 0 bridgehead atoms. The van der Waals surface area contributed by atoms with Gasteiger partial charge in [-0.05, 0) is 97.1 Å². The van der Waals surface area contributed by atoms with Crippen LogP contribution in [0.15, 0.2) is 223 Å². The number of fused-ring (bicyclic) bond motifs is 15. The van der Waals surface area contributed by atoms with E-state index < -0.39 is 5.41 Å². The summed E-state index contributed by atoms with van der Waals surface area (Å²) in [5.74, 6) is 0.639. The van der Waals surface area contributed by atoms with Crippen molar-refractivity contribution < 1.29 is 4.42 Å². The van der Waals surface area contributed by atoms with E-state index in [1.54, 1.807) is 0 Å². The molecule has 288 valence electrons. The minimum absolute atomic E-state index is 0.598. The predicted octanol–water partition coefficient (Wildman–Crippen LogP) is 15.1. The van der Waals surface area contributed by atoms with Gasteiger partial charge < -0.3 is 4.42 Å². The molecule has 0 amide bonds. The molecule has 0 saturated carbocycles. The molecule has 2 aromatic heterocycles. The van der Waals surface area contributed by atoms with Crippen LogP contribution in [0.25, 0.3) is 100 Å². The first-order chi connectivity index (χ1) is 30.7. The Labute approximate surface area is 359 Å². The Kier molecular flexibility index (Phi) is 7.52. The van der Waals surface area contributed by atoms with E-state index >= 15 is 0 Å². The van der Waals surface area contributed by atoms with E-state index in [0.717, 1.165) is 61.1 Å². The number of benzene rings is 9. The van der Waals surface area contributed by atoms with Gasteiger partial charge in [0.25, 0.3) is 0 Å². The fraction of sp³-hybridized carbons (Fsp3) is 0.0169. The van der Waals surface area contributed by atoms with Gasteiger partial charge in [0.05, 0.1) is 16.8 Å². The van der Waals surface area contributed by atoms with Crippen LogP contribution in [0.1, 0.15) is 22.3 Å². The van der Waals surface area contributed by atoms with E-state index in [1.807, 2.05) is 12.1 Å². The summed E-state index contributed by atoms with van der Waals surface area (Å²) in [4.78, 5) is 10.9. The van der Waals surface area contributed by atoms with Crippen molar-refractivity contribution in [2.75, 3.05) is 0 Å². The summed E-state index contributed by atoms with van der Waals surface area (Å²) in [6, 6.07) is 78.8. The normalized spacial score (nSPS) is 13.0. The quantitative estimate of drug-likeness (QED) is 0.178. The number of aromatic nitrogens is 2. The lowest BCUT2D eigenvalue weighted by Crippen LogP contribution is -2.29. The molecule has 3 heteroatoms. The number of furan rings is 1. The molecule has 0 unspecified atom stereocenters. The van der Waals surface area contributed by atoms with Gasteiger partial charge in [-0.25, -0.2) is 9.97 Å². The second-order valence-corrected chi connectivity index (χ2v) is 16.4. The van der Waals surface area contributed by atoms with Gasteiger partial charge in [-0.1, -0.05) is 188 Å². The van der Waals surface area contributed by atoms with Crippen molar-refractivity contribution in [3.63, 3.8) is 0 Å². The second kappa shape index (κ2) is 13.4. The van der Waals surface area contributed by atoms with Gasteiger partial charge in [-0.15, -0.1) is 0 Å². The largest absolute Gasteiger partial charge is 0.456 e. The highest BCUT2D eigenvalue weighted by Gasteiger charge is 2.49. The van der Waals surface area contributed by atoms with Crippen LogP contribution in [-0.2, 0) is 5.41 Å². The Bertz CT molecular complexity index is 3550. The third-order valence-corrected chi connectivity index (χ3v) is 13.2. The molecule has 11 aromatic rings. The fourth-order valence-electron chi connectivity index (χ4n) is 10.5. The third-order valence-electron chi connectivity index (χ3n) is 13.2. The second-order valence-electron chi connectivity index (χ2n) is 16.4. The topological polar surface area (TPSA) is 38.9 Å². The van der Waals surface area contributed by atoms with E-state index in [0.29, 0.717) is 5.82 Å². The summed E-state index contributed by atoms with van der Waals surface area (Å²) in [6.45, 7) is 0. The van der Waals surface area contributed by atoms with Crippen molar-refractivity contribution in [1.29, 1.82) is 0 Å². The molecular formula is C59H36N2O. The van der Waals surface area contributed by atoms with Gasteiger partial charge in [0, 0.05) is 27.5 Å². The SMILES string of the molecule is c1ccc(-c2ccccc2-c2cc(-c3ccc4c(c3)C3(c5ccccc5-c5ccccc5-4)c4ccccc4-c4ccccc43)nc(-c3ccc4c(c3)oc3ccccc34)n2)cc1. The lowest BCUT2D eigenvalue weighted by molar-refractivity contribution is 0.669. The smallest absolute Gasteiger partial charge is 0.160 e. The van der Waals surface area contributed by atoms with Crippen molar-refractivity contribution in [3.05, 3.63) is 241 Å². The van der Waals surface area contributed by atoms with Gasteiger partial charge in [0.15, 0.2) is 5.82 Å². The summed E-state index contributed by atoms with van der Waals surface area (Å²) in [5, 5.41) is 2.17. The van der Waals surface area contributed by atoms with Crippen LogP contribution in [0.3, 0.4) is 0 Å². The summed E-state index contributed by atoms with van der Waals surface area (Å²) in [6.07, 6.45) is 0. The Morgan fingerprint density at radius 1 is 0.290 bits per heavy atom. The highest BCUT2D eigenvalue weighted by molar-refractivity contribution is 6.06. The molecule has 3 nitrogen and oxygen atoms in total. The Morgan fingerprint density at radius 3 is 1.48 bits per heavy atom. The van der Waals surface area contributed by atoms with E-state index in [2.05, 4.69) is 206 Å². The molecule has 0 N–H and O–H groups in total. The molecule has 13 rings (SSSR count). The number of hydrogen-bond acceptors (Lipinski definition) is 3. The highest BCUT2D eigenvalue weighted by Crippen LogP contribution is 2.61. The molecule has 0 aliphatic heterocycles. The maximum absolute atomic E-state index is 6.41. The highest BCUT2D eigenvalue weighted by atomic mass is 16.3. The number of hydrogen-bond donors (Lipinski definition) is 0. The minimum Gasteiger partial charge on any atom is -0.456 e. The molecule has 2 aliphatic carbocycles. The van der Waals surface area contributed by atoms with Crippen molar-refractivity contribution in [2.45, 2.75) is 5.41 Å². The van der Waals surface area contributed by atoms with Crippen LogP contribution < -0.4 is 0 Å². The van der Waals surface area contributed by atoms with Crippen LogP contribution in [0.4, 0.5) is 0 Å². The van der Waals surface area contributed by atoms with Gasteiger partial charge >= 0.3 is 0 Å². The van der Waals surface area contributed by atoms with E-state index in [1.165, 1.54) is 55.6 Å². The number of nitrogens with zero attached hydrogens (tertiary/aromatic N) is 2. The first kappa shape index (κ1) is 34.7. The molecule has 2 aliphatic rings. The first-order valence-electron chi connectivity index (χ1n) is 21.2. The molecule has 0 saturated heterocycles. The maximum Gasteiger partial charge on any atom is 0.160 e. The van der Waals surface area contributed by atoms with Crippen LogP contribution in [0, 0.1) is 0 Å². The monoisotopic (exact) mass is 788 g/mol. The third kappa shape index (κ3) is 5.00. The van der Waals surface area contributed by atoms with Gasteiger partial charge in [-0.3, -0.25) is 0 Å².